The molecule has 5 nitrogen and oxygen atoms in total. The summed E-state index contributed by atoms with van der Waals surface area (Å²) >= 11 is 0. The number of phenols is 2. The van der Waals surface area contributed by atoms with Crippen molar-refractivity contribution in [1.82, 2.24) is 0 Å². The lowest BCUT2D eigenvalue weighted by atomic mass is 9.85. The molecule has 2 rings (SSSR count). The molecule has 0 atom stereocenters. The third kappa shape index (κ3) is 3.52. The van der Waals surface area contributed by atoms with Crippen molar-refractivity contribution in [3.8, 4) is 11.5 Å². The van der Waals surface area contributed by atoms with Crippen molar-refractivity contribution in [3.63, 3.8) is 0 Å². The number of rotatable bonds is 7. The Morgan fingerprint density at radius 2 is 1.35 bits per heavy atom. The van der Waals surface area contributed by atoms with Crippen LogP contribution in [0.5, 0.6) is 11.5 Å². The lowest BCUT2D eigenvalue weighted by molar-refractivity contribution is -0.108. The van der Waals surface area contributed by atoms with E-state index in [0.29, 0.717) is 28.5 Å². The number of methoxy groups -OCH3 is 2. The Kier molecular flexibility index (Phi) is 5.73. The van der Waals surface area contributed by atoms with Gasteiger partial charge in [-0.2, -0.15) is 0 Å². The standard InChI is InChI=1S/C18H20O5/c1-22-10-12-5-3-7-15(20)17(12)14(9-19)18-13(11-23-2)6-4-8-16(18)21/h3-9,14,20-21H,10-11H2,1-2H3. The number of hydrogen-bond acceptors (Lipinski definition) is 5. The molecule has 0 fully saturated rings. The van der Waals surface area contributed by atoms with E-state index in [1.54, 1.807) is 38.5 Å². The molecular weight excluding hydrogens is 296 g/mol. The molecule has 0 aliphatic heterocycles. The Morgan fingerprint density at radius 3 is 1.70 bits per heavy atom. The van der Waals surface area contributed by atoms with Crippen LogP contribution in [0, 0.1) is 0 Å². The van der Waals surface area contributed by atoms with E-state index in [1.807, 2.05) is 0 Å². The van der Waals surface area contributed by atoms with Gasteiger partial charge in [0.2, 0.25) is 0 Å². The van der Waals surface area contributed by atoms with Gasteiger partial charge in [-0.15, -0.1) is 0 Å². The molecule has 2 N–H and O–H groups in total. The highest BCUT2D eigenvalue weighted by atomic mass is 16.5. The maximum Gasteiger partial charge on any atom is 0.132 e. The summed E-state index contributed by atoms with van der Waals surface area (Å²) in [7, 11) is 3.08. The number of aromatic hydroxyl groups is 2. The molecule has 0 saturated heterocycles. The van der Waals surface area contributed by atoms with Gasteiger partial charge < -0.3 is 24.5 Å². The highest BCUT2D eigenvalue weighted by Gasteiger charge is 2.25. The average molecular weight is 316 g/mol. The fraction of sp³-hybridized carbons (Fsp3) is 0.278. The summed E-state index contributed by atoms with van der Waals surface area (Å²) < 4.78 is 10.3. The first kappa shape index (κ1) is 17.0. The normalized spacial score (nSPS) is 10.9. The Balaban J connectivity index is 2.64. The molecule has 0 saturated carbocycles. The second kappa shape index (κ2) is 7.76. The van der Waals surface area contributed by atoms with Crippen LogP contribution in [-0.2, 0) is 27.5 Å². The Bertz CT molecular complexity index is 626. The molecule has 2 aromatic rings. The van der Waals surface area contributed by atoms with Crippen LogP contribution in [0.25, 0.3) is 0 Å². The van der Waals surface area contributed by atoms with Crippen molar-refractivity contribution < 1.29 is 24.5 Å². The third-order valence-corrected chi connectivity index (χ3v) is 3.70. The van der Waals surface area contributed by atoms with Crippen LogP contribution in [0.4, 0.5) is 0 Å². The van der Waals surface area contributed by atoms with Crippen LogP contribution in [-0.4, -0.2) is 30.7 Å². The molecule has 0 aromatic heterocycles. The molecule has 0 spiro atoms. The summed E-state index contributed by atoms with van der Waals surface area (Å²) in [5, 5.41) is 20.5. The predicted molar refractivity (Wildman–Crippen MR) is 85.5 cm³/mol. The van der Waals surface area contributed by atoms with Crippen molar-refractivity contribution in [1.29, 1.82) is 0 Å². The van der Waals surface area contributed by atoms with Crippen LogP contribution in [0.2, 0.25) is 0 Å². The highest BCUT2D eigenvalue weighted by molar-refractivity contribution is 5.74. The van der Waals surface area contributed by atoms with Crippen LogP contribution in [0.15, 0.2) is 36.4 Å². The van der Waals surface area contributed by atoms with Gasteiger partial charge >= 0.3 is 0 Å². The zero-order valence-electron chi connectivity index (χ0n) is 13.2. The number of phenolic OH excluding ortho intramolecular Hbond substituents is 2. The largest absolute Gasteiger partial charge is 0.508 e. The quantitative estimate of drug-likeness (QED) is 0.768. The molecule has 0 amide bonds. The number of carbonyl (C=O) groups excluding carboxylic acids is 1. The van der Waals surface area contributed by atoms with Gasteiger partial charge in [0, 0.05) is 25.3 Å². The monoisotopic (exact) mass is 316 g/mol. The van der Waals surface area contributed by atoms with Gasteiger partial charge in [-0.25, -0.2) is 0 Å². The van der Waals surface area contributed by atoms with Crippen LogP contribution >= 0.6 is 0 Å². The first-order chi connectivity index (χ1) is 11.1. The van der Waals surface area contributed by atoms with Crippen molar-refractivity contribution in [3.05, 3.63) is 58.7 Å². The second-order valence-corrected chi connectivity index (χ2v) is 5.18. The molecule has 0 aliphatic carbocycles. The molecule has 0 unspecified atom stereocenters. The molecule has 23 heavy (non-hydrogen) atoms. The van der Waals surface area contributed by atoms with E-state index in [9.17, 15) is 15.0 Å². The number of ether oxygens (including phenoxy) is 2. The minimum absolute atomic E-state index is 0.0109. The van der Waals surface area contributed by atoms with E-state index in [1.165, 1.54) is 12.1 Å². The number of hydrogen-bond donors (Lipinski definition) is 2. The minimum atomic E-state index is -0.812. The molecule has 5 heteroatoms. The molecule has 0 bridgehead atoms. The first-order valence-corrected chi connectivity index (χ1v) is 7.18. The third-order valence-electron chi connectivity index (χ3n) is 3.70. The molecule has 0 radical (unpaired) electrons. The van der Waals surface area contributed by atoms with Crippen LogP contribution in [0.3, 0.4) is 0 Å². The van der Waals surface area contributed by atoms with E-state index in [0.717, 1.165) is 0 Å². The summed E-state index contributed by atoms with van der Waals surface area (Å²) in [6.07, 6.45) is 0.711. The Morgan fingerprint density at radius 1 is 0.913 bits per heavy atom. The number of benzene rings is 2. The maximum atomic E-state index is 11.8. The second-order valence-electron chi connectivity index (χ2n) is 5.18. The molecule has 2 aromatic carbocycles. The minimum Gasteiger partial charge on any atom is -0.508 e. The van der Waals surface area contributed by atoms with E-state index in [4.69, 9.17) is 9.47 Å². The van der Waals surface area contributed by atoms with Crippen molar-refractivity contribution in [2.24, 2.45) is 0 Å². The predicted octanol–water partition coefficient (Wildman–Crippen LogP) is 2.72. The van der Waals surface area contributed by atoms with Crippen LogP contribution in [0.1, 0.15) is 28.2 Å². The lowest BCUT2D eigenvalue weighted by Gasteiger charge is -2.20. The molecule has 0 heterocycles. The summed E-state index contributed by atoms with van der Waals surface area (Å²) in [5.41, 5.74) is 2.25. The van der Waals surface area contributed by atoms with E-state index in [-0.39, 0.29) is 24.7 Å². The Hall–Kier alpha value is -2.37. The topological polar surface area (TPSA) is 76.0 Å². The van der Waals surface area contributed by atoms with Gasteiger partial charge in [0.05, 0.1) is 19.1 Å². The molecule has 0 aliphatic rings. The fourth-order valence-corrected chi connectivity index (χ4v) is 2.76. The van der Waals surface area contributed by atoms with Crippen molar-refractivity contribution >= 4 is 6.29 Å². The van der Waals surface area contributed by atoms with Gasteiger partial charge in [-0.1, -0.05) is 24.3 Å². The lowest BCUT2D eigenvalue weighted by Crippen LogP contribution is -2.10. The first-order valence-electron chi connectivity index (χ1n) is 7.18. The summed E-state index contributed by atoms with van der Waals surface area (Å²) in [6, 6.07) is 9.98. The van der Waals surface area contributed by atoms with Gasteiger partial charge in [0.25, 0.3) is 0 Å². The SMILES string of the molecule is COCc1cccc(O)c1C(C=O)c1c(O)cccc1COC. The number of aldehydes is 1. The maximum absolute atomic E-state index is 11.8. The number of carbonyl (C=O) groups is 1. The van der Waals surface area contributed by atoms with Crippen molar-refractivity contribution in [2.75, 3.05) is 14.2 Å². The van der Waals surface area contributed by atoms with Gasteiger partial charge in [0.15, 0.2) is 0 Å². The van der Waals surface area contributed by atoms with Gasteiger partial charge in [-0.3, -0.25) is 0 Å². The van der Waals surface area contributed by atoms with Gasteiger partial charge in [-0.05, 0) is 23.3 Å². The highest BCUT2D eigenvalue weighted by Crippen LogP contribution is 2.38. The van der Waals surface area contributed by atoms with Gasteiger partial charge in [0.1, 0.15) is 17.8 Å². The van der Waals surface area contributed by atoms with E-state index >= 15 is 0 Å². The molecule has 122 valence electrons. The van der Waals surface area contributed by atoms with E-state index < -0.39 is 5.92 Å². The van der Waals surface area contributed by atoms with Crippen molar-refractivity contribution in [2.45, 2.75) is 19.1 Å². The summed E-state index contributed by atoms with van der Waals surface area (Å²) in [6.45, 7) is 0.503. The summed E-state index contributed by atoms with van der Waals surface area (Å²) in [5.74, 6) is -0.834. The summed E-state index contributed by atoms with van der Waals surface area (Å²) in [4.78, 5) is 11.8. The Labute approximate surface area is 135 Å². The van der Waals surface area contributed by atoms with Crippen LogP contribution < -0.4 is 0 Å². The average Bonchev–Trinajstić information content (AvgIpc) is 2.53. The molecular formula is C18H20O5. The fourth-order valence-electron chi connectivity index (χ4n) is 2.76. The van der Waals surface area contributed by atoms with E-state index in [2.05, 4.69) is 0 Å². The smallest absolute Gasteiger partial charge is 0.132 e. The zero-order chi connectivity index (χ0) is 16.8. The zero-order valence-corrected chi connectivity index (χ0v) is 13.2.